The number of quaternary nitrogens is 1. The predicted molar refractivity (Wildman–Crippen MR) is 41.9 cm³/mol. The molecule has 1 aliphatic heterocycles. The summed E-state index contributed by atoms with van der Waals surface area (Å²) in [4.78, 5) is 0. The van der Waals surface area contributed by atoms with Crippen LogP contribution in [0.4, 0.5) is 0 Å². The highest BCUT2D eigenvalue weighted by Gasteiger charge is 2.25. The first-order valence-corrected chi connectivity index (χ1v) is 3.99. The van der Waals surface area contributed by atoms with Crippen LogP contribution in [0, 0.1) is 0 Å². The predicted octanol–water partition coefficient (Wildman–Crippen LogP) is 0.872. The molecule has 0 amide bonds. The summed E-state index contributed by atoms with van der Waals surface area (Å²) in [6, 6.07) is 0.814. The van der Waals surface area contributed by atoms with Gasteiger partial charge in [0.15, 0.2) is 0 Å². The maximum atomic E-state index is 5.28. The van der Waals surface area contributed by atoms with Crippen molar-refractivity contribution in [3.63, 3.8) is 0 Å². The molecule has 0 aromatic heterocycles. The summed E-state index contributed by atoms with van der Waals surface area (Å²) in [5, 5.41) is 0. The SMILES string of the molecule is C[N+](C)(C)C1CCOCC1. The maximum Gasteiger partial charge on any atom is 0.0928 e. The fraction of sp³-hybridized carbons (Fsp3) is 1.00. The van der Waals surface area contributed by atoms with E-state index in [-0.39, 0.29) is 0 Å². The molecule has 0 atom stereocenters. The van der Waals surface area contributed by atoms with Crippen LogP contribution in [0.1, 0.15) is 12.8 Å². The molecule has 2 heteroatoms. The Balaban J connectivity index is 2.39. The zero-order valence-corrected chi connectivity index (χ0v) is 7.26. The molecule has 0 aromatic rings. The summed E-state index contributed by atoms with van der Waals surface area (Å²) in [5.74, 6) is 0. The molecule has 0 aliphatic carbocycles. The van der Waals surface area contributed by atoms with E-state index in [1.807, 2.05) is 0 Å². The largest absolute Gasteiger partial charge is 0.381 e. The zero-order valence-electron chi connectivity index (χ0n) is 7.26. The fourth-order valence-electron chi connectivity index (χ4n) is 1.46. The summed E-state index contributed by atoms with van der Waals surface area (Å²) in [5.41, 5.74) is 0. The van der Waals surface area contributed by atoms with E-state index >= 15 is 0 Å². The molecule has 1 saturated heterocycles. The van der Waals surface area contributed by atoms with E-state index in [1.54, 1.807) is 0 Å². The van der Waals surface area contributed by atoms with Crippen LogP contribution >= 0.6 is 0 Å². The van der Waals surface area contributed by atoms with Crippen LogP contribution in [0.25, 0.3) is 0 Å². The summed E-state index contributed by atoms with van der Waals surface area (Å²) in [6.07, 6.45) is 2.45. The van der Waals surface area contributed by atoms with Gasteiger partial charge in [0.25, 0.3) is 0 Å². The first-order chi connectivity index (χ1) is 4.61. The van der Waals surface area contributed by atoms with Crippen LogP contribution in [0.2, 0.25) is 0 Å². The van der Waals surface area contributed by atoms with Crippen LogP contribution in [-0.2, 0) is 4.74 Å². The van der Waals surface area contributed by atoms with Crippen LogP contribution < -0.4 is 0 Å². The molecule has 2 nitrogen and oxygen atoms in total. The third kappa shape index (κ3) is 1.96. The highest BCUT2D eigenvalue weighted by Crippen LogP contribution is 2.15. The van der Waals surface area contributed by atoms with Crippen molar-refractivity contribution < 1.29 is 9.22 Å². The van der Waals surface area contributed by atoms with Crippen LogP contribution in [0.15, 0.2) is 0 Å². The number of hydrogen-bond acceptors (Lipinski definition) is 1. The Morgan fingerprint density at radius 3 is 1.90 bits per heavy atom. The van der Waals surface area contributed by atoms with Crippen molar-refractivity contribution in [2.24, 2.45) is 0 Å². The second-order valence-electron chi connectivity index (χ2n) is 3.96. The van der Waals surface area contributed by atoms with E-state index in [0.29, 0.717) is 0 Å². The van der Waals surface area contributed by atoms with E-state index < -0.39 is 0 Å². The maximum absolute atomic E-state index is 5.28. The minimum absolute atomic E-state index is 0.814. The van der Waals surface area contributed by atoms with Gasteiger partial charge in [-0.3, -0.25) is 0 Å². The van der Waals surface area contributed by atoms with Crippen molar-refractivity contribution in [2.75, 3.05) is 34.4 Å². The lowest BCUT2D eigenvalue weighted by molar-refractivity contribution is -0.897. The van der Waals surface area contributed by atoms with Gasteiger partial charge in [0.1, 0.15) is 0 Å². The van der Waals surface area contributed by atoms with Crippen molar-refractivity contribution in [2.45, 2.75) is 18.9 Å². The van der Waals surface area contributed by atoms with Gasteiger partial charge < -0.3 is 9.22 Å². The highest BCUT2D eigenvalue weighted by molar-refractivity contribution is 4.61. The lowest BCUT2D eigenvalue weighted by Crippen LogP contribution is -2.47. The summed E-state index contributed by atoms with van der Waals surface area (Å²) >= 11 is 0. The molecule has 1 heterocycles. The number of hydrogen-bond donors (Lipinski definition) is 0. The van der Waals surface area contributed by atoms with Gasteiger partial charge in [0.05, 0.1) is 40.4 Å². The summed E-state index contributed by atoms with van der Waals surface area (Å²) in [7, 11) is 6.78. The second kappa shape index (κ2) is 2.89. The third-order valence-corrected chi connectivity index (χ3v) is 2.29. The third-order valence-electron chi connectivity index (χ3n) is 2.29. The van der Waals surface area contributed by atoms with Crippen molar-refractivity contribution >= 4 is 0 Å². The van der Waals surface area contributed by atoms with E-state index in [2.05, 4.69) is 21.1 Å². The van der Waals surface area contributed by atoms with Gasteiger partial charge >= 0.3 is 0 Å². The van der Waals surface area contributed by atoms with E-state index in [4.69, 9.17) is 4.74 Å². The standard InChI is InChI=1S/C8H18NO/c1-9(2,3)8-4-6-10-7-5-8/h8H,4-7H2,1-3H3/q+1. The Bertz CT molecular complexity index is 100. The lowest BCUT2D eigenvalue weighted by atomic mass is 10.1. The number of nitrogens with zero attached hydrogens (tertiary/aromatic N) is 1. The highest BCUT2D eigenvalue weighted by atomic mass is 16.5. The average Bonchev–Trinajstić information content (AvgIpc) is 1.88. The molecule has 0 bridgehead atoms. The molecular formula is C8H18NO+. The smallest absolute Gasteiger partial charge is 0.0928 e. The summed E-state index contributed by atoms with van der Waals surface area (Å²) in [6.45, 7) is 1.92. The molecule has 10 heavy (non-hydrogen) atoms. The molecule has 1 fully saturated rings. The molecule has 0 aromatic carbocycles. The van der Waals surface area contributed by atoms with Gasteiger partial charge in [-0.1, -0.05) is 0 Å². The molecular weight excluding hydrogens is 126 g/mol. The Hall–Kier alpha value is -0.0800. The van der Waals surface area contributed by atoms with Crippen molar-refractivity contribution in [1.29, 1.82) is 0 Å². The molecule has 60 valence electrons. The monoisotopic (exact) mass is 144 g/mol. The van der Waals surface area contributed by atoms with Gasteiger partial charge in [-0.2, -0.15) is 0 Å². The van der Waals surface area contributed by atoms with Crippen molar-refractivity contribution in [1.82, 2.24) is 0 Å². The Kier molecular flexibility index (Phi) is 2.32. The van der Waals surface area contributed by atoms with Gasteiger partial charge in [-0.25, -0.2) is 0 Å². The molecule has 0 saturated carbocycles. The van der Waals surface area contributed by atoms with Crippen molar-refractivity contribution in [3.8, 4) is 0 Å². The first-order valence-electron chi connectivity index (χ1n) is 3.99. The minimum Gasteiger partial charge on any atom is -0.381 e. The van der Waals surface area contributed by atoms with Crippen LogP contribution in [0.5, 0.6) is 0 Å². The van der Waals surface area contributed by atoms with Crippen molar-refractivity contribution in [3.05, 3.63) is 0 Å². The van der Waals surface area contributed by atoms with Crippen LogP contribution in [0.3, 0.4) is 0 Å². The van der Waals surface area contributed by atoms with Gasteiger partial charge in [0, 0.05) is 12.8 Å². The quantitative estimate of drug-likeness (QED) is 0.496. The lowest BCUT2D eigenvalue weighted by Gasteiger charge is -2.36. The summed E-state index contributed by atoms with van der Waals surface area (Å²) < 4.78 is 6.37. The first kappa shape index (κ1) is 8.02. The van der Waals surface area contributed by atoms with Gasteiger partial charge in [0.2, 0.25) is 0 Å². The van der Waals surface area contributed by atoms with Crippen LogP contribution in [-0.4, -0.2) is 44.9 Å². The van der Waals surface area contributed by atoms with E-state index in [0.717, 1.165) is 23.7 Å². The zero-order chi connectivity index (χ0) is 7.61. The van der Waals surface area contributed by atoms with E-state index in [9.17, 15) is 0 Å². The van der Waals surface area contributed by atoms with E-state index in [1.165, 1.54) is 12.8 Å². The minimum atomic E-state index is 0.814. The molecule has 0 N–H and O–H groups in total. The van der Waals surface area contributed by atoms with Gasteiger partial charge in [-0.15, -0.1) is 0 Å². The number of ether oxygens (including phenoxy) is 1. The molecule has 0 unspecified atom stereocenters. The Morgan fingerprint density at radius 2 is 1.60 bits per heavy atom. The molecule has 0 radical (unpaired) electrons. The fourth-order valence-corrected chi connectivity index (χ4v) is 1.46. The normalized spacial score (nSPS) is 23.1. The van der Waals surface area contributed by atoms with Gasteiger partial charge in [-0.05, 0) is 0 Å². The number of rotatable bonds is 1. The molecule has 0 spiro atoms. The molecule has 1 aliphatic rings. The Labute approximate surface area is 63.4 Å². The second-order valence-corrected chi connectivity index (χ2v) is 3.96. The molecule has 1 rings (SSSR count). The Morgan fingerprint density at radius 1 is 1.10 bits per heavy atom. The topological polar surface area (TPSA) is 9.23 Å². The average molecular weight is 144 g/mol.